The Kier molecular flexibility index (Phi) is 4.73. The van der Waals surface area contributed by atoms with Crippen LogP contribution in [0.4, 0.5) is 0 Å². The Morgan fingerprint density at radius 2 is 1.41 bits per heavy atom. The molecule has 1 rings (SSSR count). The second-order valence-electron chi connectivity index (χ2n) is 5.07. The Balaban J connectivity index is 2.89. The molecule has 0 spiro atoms. The van der Waals surface area contributed by atoms with E-state index >= 15 is 0 Å². The van der Waals surface area contributed by atoms with E-state index in [1.165, 1.54) is 0 Å². The first-order valence-corrected chi connectivity index (χ1v) is 6.32. The lowest BCUT2D eigenvalue weighted by Crippen LogP contribution is -2.44. The molecule has 17 heavy (non-hydrogen) atoms. The van der Waals surface area contributed by atoms with Crippen LogP contribution in [0.3, 0.4) is 0 Å². The number of hydrogen-bond donors (Lipinski definition) is 0. The number of nitrogens with zero attached hydrogens (tertiary/aromatic N) is 1. The molecule has 0 bridgehead atoms. The summed E-state index contributed by atoms with van der Waals surface area (Å²) in [7, 11) is 0. The molecule has 0 radical (unpaired) electrons. The fourth-order valence-corrected chi connectivity index (χ4v) is 2.21. The molecule has 1 aromatic rings. The van der Waals surface area contributed by atoms with E-state index in [2.05, 4.69) is 27.7 Å². The van der Waals surface area contributed by atoms with E-state index in [0.29, 0.717) is 0 Å². The fraction of sp³-hybridized carbons (Fsp3) is 0.533. The Morgan fingerprint density at radius 3 is 1.82 bits per heavy atom. The summed E-state index contributed by atoms with van der Waals surface area (Å²) in [5.41, 5.74) is 1.09. The van der Waals surface area contributed by atoms with Crippen LogP contribution >= 0.6 is 0 Å². The topological polar surface area (TPSA) is 20.3 Å². The number of carbonyl (C=O) groups excluding carboxylic acids is 1. The van der Waals surface area contributed by atoms with E-state index in [1.54, 1.807) is 0 Å². The summed E-state index contributed by atoms with van der Waals surface area (Å²) in [4.78, 5) is 14.4. The van der Waals surface area contributed by atoms with Crippen LogP contribution in [0, 0.1) is 0 Å². The second kappa shape index (κ2) is 5.85. The molecule has 0 aliphatic heterocycles. The summed E-state index contributed by atoms with van der Waals surface area (Å²) in [5.74, 6) is 0.141. The van der Waals surface area contributed by atoms with Crippen molar-refractivity contribution in [1.29, 1.82) is 0 Å². The SMILES string of the molecule is CC(C)N(C(=O)[C@@H](C)c1ccccc1)C(C)C. The van der Waals surface area contributed by atoms with Crippen molar-refractivity contribution in [3.63, 3.8) is 0 Å². The summed E-state index contributed by atoms with van der Waals surface area (Å²) in [5, 5.41) is 0. The minimum atomic E-state index is -0.0685. The third-order valence-corrected chi connectivity index (χ3v) is 3.04. The van der Waals surface area contributed by atoms with Crippen molar-refractivity contribution in [3.8, 4) is 0 Å². The molecule has 0 N–H and O–H groups in total. The van der Waals surface area contributed by atoms with Gasteiger partial charge in [0.25, 0.3) is 0 Å². The van der Waals surface area contributed by atoms with Crippen molar-refractivity contribution < 1.29 is 4.79 Å². The predicted molar refractivity (Wildman–Crippen MR) is 72.0 cm³/mol. The van der Waals surface area contributed by atoms with E-state index in [9.17, 15) is 4.79 Å². The molecular formula is C15H23NO. The molecule has 0 fully saturated rings. The lowest BCUT2D eigenvalue weighted by molar-refractivity contribution is -0.136. The van der Waals surface area contributed by atoms with Gasteiger partial charge in [0.1, 0.15) is 0 Å². The van der Waals surface area contributed by atoms with Gasteiger partial charge in [-0.05, 0) is 40.2 Å². The molecule has 94 valence electrons. The number of carbonyl (C=O) groups is 1. The van der Waals surface area contributed by atoms with Gasteiger partial charge in [0, 0.05) is 12.1 Å². The number of rotatable bonds is 4. The molecule has 2 heteroatoms. The van der Waals surface area contributed by atoms with Crippen molar-refractivity contribution in [2.24, 2.45) is 0 Å². The standard InChI is InChI=1S/C15H23NO/c1-11(2)16(12(3)4)15(17)13(5)14-9-7-6-8-10-14/h6-13H,1-5H3/t13-/m0/s1. The highest BCUT2D eigenvalue weighted by atomic mass is 16.2. The normalized spacial score (nSPS) is 12.9. The molecule has 1 amide bonds. The van der Waals surface area contributed by atoms with Gasteiger partial charge in [-0.15, -0.1) is 0 Å². The average Bonchev–Trinajstić information content (AvgIpc) is 2.28. The van der Waals surface area contributed by atoms with Gasteiger partial charge in [-0.25, -0.2) is 0 Å². The molecule has 0 heterocycles. The molecule has 0 saturated heterocycles. The Bertz CT molecular complexity index is 348. The maximum Gasteiger partial charge on any atom is 0.230 e. The first-order chi connectivity index (χ1) is 7.95. The van der Waals surface area contributed by atoms with Gasteiger partial charge < -0.3 is 4.90 Å². The zero-order valence-electron chi connectivity index (χ0n) is 11.5. The third kappa shape index (κ3) is 3.32. The Labute approximate surface area is 105 Å². The number of benzene rings is 1. The number of hydrogen-bond acceptors (Lipinski definition) is 1. The van der Waals surface area contributed by atoms with Gasteiger partial charge in [-0.2, -0.15) is 0 Å². The first kappa shape index (κ1) is 13.8. The first-order valence-electron chi connectivity index (χ1n) is 6.32. The molecule has 2 nitrogen and oxygen atoms in total. The quantitative estimate of drug-likeness (QED) is 0.780. The smallest absolute Gasteiger partial charge is 0.230 e. The highest BCUT2D eigenvalue weighted by Crippen LogP contribution is 2.20. The van der Waals surface area contributed by atoms with Crippen LogP contribution in [0.5, 0.6) is 0 Å². The van der Waals surface area contributed by atoms with E-state index in [-0.39, 0.29) is 23.9 Å². The van der Waals surface area contributed by atoms with Crippen LogP contribution in [-0.4, -0.2) is 22.9 Å². The van der Waals surface area contributed by atoms with Crippen molar-refractivity contribution in [1.82, 2.24) is 4.90 Å². The van der Waals surface area contributed by atoms with Crippen molar-refractivity contribution in [2.75, 3.05) is 0 Å². The summed E-state index contributed by atoms with van der Waals surface area (Å²) in [6.45, 7) is 10.2. The van der Waals surface area contributed by atoms with Crippen LogP contribution in [0.25, 0.3) is 0 Å². The lowest BCUT2D eigenvalue weighted by atomic mass is 9.98. The highest BCUT2D eigenvalue weighted by molar-refractivity contribution is 5.83. The molecule has 1 atom stereocenters. The van der Waals surface area contributed by atoms with E-state index < -0.39 is 0 Å². The van der Waals surface area contributed by atoms with Crippen molar-refractivity contribution in [3.05, 3.63) is 35.9 Å². The zero-order valence-corrected chi connectivity index (χ0v) is 11.5. The van der Waals surface area contributed by atoms with E-state index in [0.717, 1.165) is 5.56 Å². The highest BCUT2D eigenvalue weighted by Gasteiger charge is 2.25. The van der Waals surface area contributed by atoms with Gasteiger partial charge >= 0.3 is 0 Å². The van der Waals surface area contributed by atoms with Crippen molar-refractivity contribution >= 4 is 5.91 Å². The molecule has 0 aliphatic carbocycles. The second-order valence-corrected chi connectivity index (χ2v) is 5.07. The molecule has 0 aromatic heterocycles. The largest absolute Gasteiger partial charge is 0.337 e. The van der Waals surface area contributed by atoms with Gasteiger partial charge in [-0.1, -0.05) is 30.3 Å². The van der Waals surface area contributed by atoms with Crippen LogP contribution in [0.15, 0.2) is 30.3 Å². The van der Waals surface area contributed by atoms with Crippen LogP contribution in [0.2, 0.25) is 0 Å². The lowest BCUT2D eigenvalue weighted by Gasteiger charge is -2.33. The summed E-state index contributed by atoms with van der Waals surface area (Å²) in [6, 6.07) is 10.5. The zero-order chi connectivity index (χ0) is 13.0. The average molecular weight is 233 g/mol. The molecule has 0 aliphatic rings. The maximum absolute atomic E-state index is 12.5. The third-order valence-electron chi connectivity index (χ3n) is 3.04. The van der Waals surface area contributed by atoms with Gasteiger partial charge in [0.15, 0.2) is 0 Å². The van der Waals surface area contributed by atoms with Gasteiger partial charge in [-0.3, -0.25) is 4.79 Å². The minimum Gasteiger partial charge on any atom is -0.337 e. The Hall–Kier alpha value is -1.31. The van der Waals surface area contributed by atoms with Crippen LogP contribution in [0.1, 0.15) is 46.1 Å². The summed E-state index contributed by atoms with van der Waals surface area (Å²) in [6.07, 6.45) is 0. The molecule has 0 unspecified atom stereocenters. The number of amides is 1. The maximum atomic E-state index is 12.5. The summed E-state index contributed by atoms with van der Waals surface area (Å²) >= 11 is 0. The van der Waals surface area contributed by atoms with Crippen molar-refractivity contribution in [2.45, 2.75) is 52.6 Å². The van der Waals surface area contributed by atoms with Gasteiger partial charge in [0.05, 0.1) is 5.92 Å². The van der Waals surface area contributed by atoms with E-state index in [1.807, 2.05) is 42.2 Å². The van der Waals surface area contributed by atoms with Crippen LogP contribution in [-0.2, 0) is 4.79 Å². The predicted octanol–water partition coefficient (Wildman–Crippen LogP) is 3.44. The van der Waals surface area contributed by atoms with E-state index in [4.69, 9.17) is 0 Å². The fourth-order valence-electron chi connectivity index (χ4n) is 2.21. The molecule has 0 saturated carbocycles. The molecular weight excluding hydrogens is 210 g/mol. The van der Waals surface area contributed by atoms with Gasteiger partial charge in [0.2, 0.25) is 5.91 Å². The van der Waals surface area contributed by atoms with Crippen LogP contribution < -0.4 is 0 Å². The Morgan fingerprint density at radius 1 is 0.941 bits per heavy atom. The minimum absolute atomic E-state index is 0.0685. The molecule has 1 aromatic carbocycles. The summed E-state index contributed by atoms with van der Waals surface area (Å²) < 4.78 is 0. The monoisotopic (exact) mass is 233 g/mol.